The van der Waals surface area contributed by atoms with Crippen LogP contribution in [0.1, 0.15) is 11.3 Å². The van der Waals surface area contributed by atoms with E-state index in [9.17, 15) is 0 Å². The van der Waals surface area contributed by atoms with Gasteiger partial charge in [0, 0.05) is 11.1 Å². The van der Waals surface area contributed by atoms with Crippen molar-refractivity contribution < 1.29 is 4.42 Å². The number of nitrogens with zero attached hydrogens (tertiary/aromatic N) is 3. The Labute approximate surface area is 151 Å². The van der Waals surface area contributed by atoms with E-state index in [1.54, 1.807) is 11.3 Å². The topological polar surface area (TPSA) is 51.8 Å². The zero-order chi connectivity index (χ0) is 16.5. The van der Waals surface area contributed by atoms with Crippen molar-refractivity contribution in [3.63, 3.8) is 0 Å². The van der Waals surface area contributed by atoms with Gasteiger partial charge >= 0.3 is 0 Å². The zero-order valence-corrected chi connectivity index (χ0v) is 15.1. The summed E-state index contributed by atoms with van der Waals surface area (Å²) < 4.78 is 5.69. The fourth-order valence-electron chi connectivity index (χ4n) is 2.41. The highest BCUT2D eigenvalue weighted by molar-refractivity contribution is 7.98. The molecule has 0 unspecified atom stereocenters. The van der Waals surface area contributed by atoms with Gasteiger partial charge in [0.2, 0.25) is 0 Å². The van der Waals surface area contributed by atoms with Gasteiger partial charge in [0.1, 0.15) is 0 Å². The summed E-state index contributed by atoms with van der Waals surface area (Å²) in [6, 6.07) is 11.9. The molecule has 0 aliphatic carbocycles. The molecule has 120 valence electrons. The third-order valence-electron chi connectivity index (χ3n) is 3.62. The zero-order valence-electron chi connectivity index (χ0n) is 12.7. The number of fused-ring (bicyclic) bond motifs is 1. The van der Waals surface area contributed by atoms with E-state index in [1.165, 1.54) is 11.8 Å². The molecule has 0 radical (unpaired) electrons. The number of aryl methyl sites for hydroxylation is 1. The van der Waals surface area contributed by atoms with Gasteiger partial charge in [0.25, 0.3) is 11.1 Å². The molecule has 3 aromatic heterocycles. The van der Waals surface area contributed by atoms with Gasteiger partial charge in [-0.1, -0.05) is 47.6 Å². The normalized spacial score (nSPS) is 11.2. The number of hydrogen-bond acceptors (Lipinski definition) is 6. The van der Waals surface area contributed by atoms with E-state index in [2.05, 4.69) is 15.2 Å². The standard InChI is InChI=1S/C17H12ClN3OS2/c1-10-11-5-2-3-6-12(11)19-13(15(10)18)9-24-17-21-20-16(22-17)14-7-4-8-23-14/h2-8H,9H2,1H3. The lowest BCUT2D eigenvalue weighted by Gasteiger charge is -2.08. The molecule has 0 aliphatic heterocycles. The summed E-state index contributed by atoms with van der Waals surface area (Å²) in [4.78, 5) is 5.63. The van der Waals surface area contributed by atoms with Crippen LogP contribution >= 0.6 is 34.7 Å². The maximum Gasteiger partial charge on any atom is 0.277 e. The van der Waals surface area contributed by atoms with Gasteiger partial charge in [-0.3, -0.25) is 4.98 Å². The summed E-state index contributed by atoms with van der Waals surface area (Å²) in [6.45, 7) is 2.02. The minimum Gasteiger partial charge on any atom is -0.410 e. The predicted molar refractivity (Wildman–Crippen MR) is 98.7 cm³/mol. The van der Waals surface area contributed by atoms with E-state index in [0.717, 1.165) is 27.0 Å². The summed E-state index contributed by atoms with van der Waals surface area (Å²) in [5.74, 6) is 1.12. The molecule has 0 N–H and O–H groups in total. The molecule has 24 heavy (non-hydrogen) atoms. The number of para-hydroxylation sites is 1. The molecule has 7 heteroatoms. The Bertz CT molecular complexity index is 998. The van der Waals surface area contributed by atoms with E-state index in [-0.39, 0.29) is 0 Å². The molecule has 0 aliphatic rings. The molecule has 4 nitrogen and oxygen atoms in total. The lowest BCUT2D eigenvalue weighted by Crippen LogP contribution is -1.94. The second-order valence-corrected chi connectivity index (χ2v) is 7.41. The first kappa shape index (κ1) is 15.6. The molecule has 1 aromatic carbocycles. The molecule has 3 heterocycles. The quantitative estimate of drug-likeness (QED) is 0.436. The van der Waals surface area contributed by atoms with Gasteiger partial charge in [-0.15, -0.1) is 21.5 Å². The highest BCUT2D eigenvalue weighted by Crippen LogP contribution is 2.32. The van der Waals surface area contributed by atoms with E-state index >= 15 is 0 Å². The number of halogens is 1. The van der Waals surface area contributed by atoms with E-state index in [1.807, 2.05) is 48.7 Å². The van der Waals surface area contributed by atoms with Crippen molar-refractivity contribution in [2.75, 3.05) is 0 Å². The number of pyridine rings is 1. The number of thiophene rings is 1. The van der Waals surface area contributed by atoms with Gasteiger partial charge in [0.15, 0.2) is 0 Å². The number of hydrogen-bond donors (Lipinski definition) is 0. The van der Waals surface area contributed by atoms with Crippen LogP contribution in [0.2, 0.25) is 5.02 Å². The summed E-state index contributed by atoms with van der Waals surface area (Å²) >= 11 is 9.50. The summed E-state index contributed by atoms with van der Waals surface area (Å²) in [5, 5.41) is 12.4. The van der Waals surface area contributed by atoms with Crippen LogP contribution in [-0.4, -0.2) is 15.2 Å². The smallest absolute Gasteiger partial charge is 0.277 e. The molecule has 0 atom stereocenters. The maximum atomic E-state index is 6.48. The van der Waals surface area contributed by atoms with Crippen molar-refractivity contribution in [1.29, 1.82) is 0 Å². The molecule has 4 rings (SSSR count). The third kappa shape index (κ3) is 2.92. The SMILES string of the molecule is Cc1c(Cl)c(CSc2nnc(-c3cccs3)o2)nc2ccccc12. The first-order valence-corrected chi connectivity index (χ1v) is 9.50. The van der Waals surface area contributed by atoms with Crippen molar-refractivity contribution >= 4 is 45.6 Å². The van der Waals surface area contributed by atoms with Crippen LogP contribution in [0.15, 0.2) is 51.4 Å². The average molecular weight is 374 g/mol. The first-order chi connectivity index (χ1) is 11.7. The Morgan fingerprint density at radius 3 is 2.88 bits per heavy atom. The fourth-order valence-corrected chi connectivity index (χ4v) is 4.05. The number of thioether (sulfide) groups is 1. The van der Waals surface area contributed by atoms with Crippen LogP contribution < -0.4 is 0 Å². The van der Waals surface area contributed by atoms with Crippen molar-refractivity contribution in [3.05, 3.63) is 58.1 Å². The second kappa shape index (κ2) is 6.55. The van der Waals surface area contributed by atoms with Crippen LogP contribution in [-0.2, 0) is 5.75 Å². The largest absolute Gasteiger partial charge is 0.410 e. The van der Waals surface area contributed by atoms with E-state index in [4.69, 9.17) is 16.0 Å². The predicted octanol–water partition coefficient (Wildman–Crippen LogP) is 5.60. The monoisotopic (exact) mass is 373 g/mol. The number of benzene rings is 1. The summed E-state index contributed by atoms with van der Waals surface area (Å²) in [5.41, 5.74) is 2.82. The molecule has 0 amide bonds. The molecule has 0 fully saturated rings. The van der Waals surface area contributed by atoms with E-state index < -0.39 is 0 Å². The second-order valence-electron chi connectivity index (χ2n) is 5.15. The average Bonchev–Trinajstić information content (AvgIpc) is 3.28. The van der Waals surface area contributed by atoms with Crippen LogP contribution in [0.3, 0.4) is 0 Å². The fraction of sp³-hybridized carbons (Fsp3) is 0.118. The van der Waals surface area contributed by atoms with Crippen molar-refractivity contribution in [2.45, 2.75) is 17.9 Å². The van der Waals surface area contributed by atoms with Crippen molar-refractivity contribution in [3.8, 4) is 10.8 Å². The lowest BCUT2D eigenvalue weighted by atomic mass is 10.1. The number of rotatable bonds is 4. The van der Waals surface area contributed by atoms with Gasteiger partial charge in [-0.05, 0) is 30.0 Å². The highest BCUT2D eigenvalue weighted by Gasteiger charge is 2.14. The van der Waals surface area contributed by atoms with Gasteiger partial charge in [0.05, 0.1) is 21.1 Å². The molecule has 0 saturated carbocycles. The lowest BCUT2D eigenvalue weighted by molar-refractivity contribution is 0.466. The minimum atomic E-state index is 0.516. The first-order valence-electron chi connectivity index (χ1n) is 7.26. The number of aromatic nitrogens is 3. The Kier molecular flexibility index (Phi) is 4.26. The summed E-state index contributed by atoms with van der Waals surface area (Å²) in [7, 11) is 0. The maximum absolute atomic E-state index is 6.48. The van der Waals surface area contributed by atoms with E-state index in [0.29, 0.717) is 21.9 Å². The third-order valence-corrected chi connectivity index (χ3v) is 5.81. The van der Waals surface area contributed by atoms with Crippen LogP contribution in [0.25, 0.3) is 21.7 Å². The van der Waals surface area contributed by atoms with Crippen molar-refractivity contribution in [1.82, 2.24) is 15.2 Å². The minimum absolute atomic E-state index is 0.516. The van der Waals surface area contributed by atoms with Gasteiger partial charge in [-0.25, -0.2) is 0 Å². The molecular weight excluding hydrogens is 362 g/mol. The Balaban J connectivity index is 1.58. The Morgan fingerprint density at radius 1 is 1.17 bits per heavy atom. The molecule has 0 spiro atoms. The van der Waals surface area contributed by atoms with Gasteiger partial charge in [-0.2, -0.15) is 0 Å². The Morgan fingerprint density at radius 2 is 2.04 bits per heavy atom. The van der Waals surface area contributed by atoms with Gasteiger partial charge < -0.3 is 4.42 Å². The summed E-state index contributed by atoms with van der Waals surface area (Å²) in [6.07, 6.45) is 0. The Hall–Kier alpha value is -1.89. The highest BCUT2D eigenvalue weighted by atomic mass is 35.5. The van der Waals surface area contributed by atoms with Crippen LogP contribution in [0, 0.1) is 6.92 Å². The van der Waals surface area contributed by atoms with Crippen molar-refractivity contribution in [2.24, 2.45) is 0 Å². The molecule has 0 saturated heterocycles. The van der Waals surface area contributed by atoms with Crippen LogP contribution in [0.4, 0.5) is 0 Å². The molecular formula is C17H12ClN3OS2. The molecule has 4 aromatic rings. The molecule has 0 bridgehead atoms. The van der Waals surface area contributed by atoms with Crippen LogP contribution in [0.5, 0.6) is 0 Å².